The van der Waals surface area contributed by atoms with E-state index in [0.29, 0.717) is 5.92 Å². The summed E-state index contributed by atoms with van der Waals surface area (Å²) in [7, 11) is 0. The molecule has 2 rings (SSSR count). The lowest BCUT2D eigenvalue weighted by molar-refractivity contribution is -0.146. The highest BCUT2D eigenvalue weighted by atomic mass is 32.2. The molecule has 1 aliphatic rings. The van der Waals surface area contributed by atoms with Crippen LogP contribution in [-0.4, -0.2) is 17.8 Å². The average molecular weight is 264 g/mol. The number of ether oxygens (including phenoxy) is 1. The molecule has 3 heteroatoms. The van der Waals surface area contributed by atoms with E-state index in [0.717, 1.165) is 18.6 Å². The first-order valence-electron chi connectivity index (χ1n) is 6.53. The molecule has 1 aromatic rings. The SMILES string of the molecule is CC(=O)OC1CCC(CSCc2ccccc2)C1. The molecule has 0 bridgehead atoms. The van der Waals surface area contributed by atoms with Crippen LogP contribution in [0.4, 0.5) is 0 Å². The Bertz CT molecular complexity index is 377. The largest absolute Gasteiger partial charge is 0.463 e. The van der Waals surface area contributed by atoms with Crippen LogP contribution in [0.5, 0.6) is 0 Å². The lowest BCUT2D eigenvalue weighted by Gasteiger charge is -2.11. The van der Waals surface area contributed by atoms with Crippen molar-refractivity contribution in [2.75, 3.05) is 5.75 Å². The van der Waals surface area contributed by atoms with Crippen LogP contribution >= 0.6 is 11.8 Å². The van der Waals surface area contributed by atoms with Crippen molar-refractivity contribution in [1.82, 2.24) is 0 Å². The topological polar surface area (TPSA) is 26.3 Å². The van der Waals surface area contributed by atoms with Gasteiger partial charge in [-0.15, -0.1) is 0 Å². The van der Waals surface area contributed by atoms with Gasteiger partial charge in [0.25, 0.3) is 0 Å². The molecule has 0 heterocycles. The fourth-order valence-electron chi connectivity index (χ4n) is 2.44. The molecule has 0 aliphatic heterocycles. The Morgan fingerprint density at radius 2 is 2.11 bits per heavy atom. The van der Waals surface area contributed by atoms with Crippen molar-refractivity contribution in [1.29, 1.82) is 0 Å². The molecule has 2 atom stereocenters. The summed E-state index contributed by atoms with van der Waals surface area (Å²) in [5.41, 5.74) is 1.39. The molecule has 1 aliphatic carbocycles. The summed E-state index contributed by atoms with van der Waals surface area (Å²) >= 11 is 1.98. The van der Waals surface area contributed by atoms with E-state index in [-0.39, 0.29) is 12.1 Å². The summed E-state index contributed by atoms with van der Waals surface area (Å²) in [5.74, 6) is 2.82. The fourth-order valence-corrected chi connectivity index (χ4v) is 3.62. The van der Waals surface area contributed by atoms with Gasteiger partial charge in [0.05, 0.1) is 0 Å². The zero-order valence-corrected chi connectivity index (χ0v) is 11.6. The van der Waals surface area contributed by atoms with Crippen molar-refractivity contribution < 1.29 is 9.53 Å². The molecule has 1 fully saturated rings. The first-order valence-corrected chi connectivity index (χ1v) is 7.68. The Morgan fingerprint density at radius 1 is 1.33 bits per heavy atom. The molecule has 98 valence electrons. The number of hydrogen-bond donors (Lipinski definition) is 0. The van der Waals surface area contributed by atoms with Gasteiger partial charge in [-0.05, 0) is 36.5 Å². The maximum Gasteiger partial charge on any atom is 0.302 e. The number of hydrogen-bond acceptors (Lipinski definition) is 3. The van der Waals surface area contributed by atoms with E-state index in [2.05, 4.69) is 30.3 Å². The highest BCUT2D eigenvalue weighted by Gasteiger charge is 2.26. The van der Waals surface area contributed by atoms with Crippen LogP contribution in [0.2, 0.25) is 0 Å². The van der Waals surface area contributed by atoms with E-state index in [4.69, 9.17) is 4.74 Å². The summed E-state index contributed by atoms with van der Waals surface area (Å²) < 4.78 is 5.26. The van der Waals surface area contributed by atoms with Crippen LogP contribution in [0.25, 0.3) is 0 Å². The Kier molecular flexibility index (Phi) is 5.12. The third kappa shape index (κ3) is 4.37. The van der Waals surface area contributed by atoms with Gasteiger partial charge in [-0.3, -0.25) is 4.79 Å². The Labute approximate surface area is 113 Å². The molecule has 0 amide bonds. The van der Waals surface area contributed by atoms with E-state index in [1.807, 2.05) is 11.8 Å². The molecule has 18 heavy (non-hydrogen) atoms. The molecular weight excluding hydrogens is 244 g/mol. The number of benzene rings is 1. The van der Waals surface area contributed by atoms with Crippen molar-refractivity contribution in [3.05, 3.63) is 35.9 Å². The minimum absolute atomic E-state index is 0.141. The van der Waals surface area contributed by atoms with Gasteiger partial charge in [0, 0.05) is 12.7 Å². The minimum atomic E-state index is -0.141. The standard InChI is InChI=1S/C15H20O2S/c1-12(16)17-15-8-7-14(9-15)11-18-10-13-5-3-2-4-6-13/h2-6,14-15H,7-11H2,1H3. The predicted molar refractivity (Wildman–Crippen MR) is 75.5 cm³/mol. The van der Waals surface area contributed by atoms with E-state index in [1.165, 1.54) is 24.7 Å². The average Bonchev–Trinajstić information content (AvgIpc) is 2.77. The number of esters is 1. The van der Waals surface area contributed by atoms with E-state index >= 15 is 0 Å². The summed E-state index contributed by atoms with van der Waals surface area (Å²) in [4.78, 5) is 10.9. The monoisotopic (exact) mass is 264 g/mol. The highest BCUT2D eigenvalue weighted by molar-refractivity contribution is 7.98. The lowest BCUT2D eigenvalue weighted by Crippen LogP contribution is -2.12. The zero-order valence-electron chi connectivity index (χ0n) is 10.8. The van der Waals surface area contributed by atoms with Gasteiger partial charge < -0.3 is 4.74 Å². The fraction of sp³-hybridized carbons (Fsp3) is 0.533. The van der Waals surface area contributed by atoms with Gasteiger partial charge in [-0.2, -0.15) is 11.8 Å². The lowest BCUT2D eigenvalue weighted by atomic mass is 10.1. The zero-order chi connectivity index (χ0) is 12.8. The minimum Gasteiger partial charge on any atom is -0.463 e. The number of carbonyl (C=O) groups is 1. The molecule has 0 radical (unpaired) electrons. The van der Waals surface area contributed by atoms with E-state index in [9.17, 15) is 4.79 Å². The van der Waals surface area contributed by atoms with Crippen LogP contribution in [-0.2, 0) is 15.3 Å². The first-order chi connectivity index (χ1) is 8.74. The normalized spacial score (nSPS) is 22.9. The number of rotatable bonds is 5. The molecule has 0 aromatic heterocycles. The second-order valence-corrected chi connectivity index (χ2v) is 5.94. The molecule has 0 saturated heterocycles. The molecule has 0 N–H and O–H groups in total. The molecule has 1 aromatic carbocycles. The van der Waals surface area contributed by atoms with Crippen LogP contribution in [0.3, 0.4) is 0 Å². The summed E-state index contributed by atoms with van der Waals surface area (Å²) in [5, 5.41) is 0. The van der Waals surface area contributed by atoms with Crippen LogP contribution in [0.15, 0.2) is 30.3 Å². The molecular formula is C15H20O2S. The van der Waals surface area contributed by atoms with Gasteiger partial charge in [0.1, 0.15) is 6.10 Å². The highest BCUT2D eigenvalue weighted by Crippen LogP contribution is 2.31. The number of carbonyl (C=O) groups excluding carboxylic acids is 1. The smallest absolute Gasteiger partial charge is 0.302 e. The van der Waals surface area contributed by atoms with Crippen LogP contribution in [0.1, 0.15) is 31.7 Å². The molecule has 2 unspecified atom stereocenters. The molecule has 0 spiro atoms. The van der Waals surface area contributed by atoms with Gasteiger partial charge >= 0.3 is 5.97 Å². The second kappa shape index (κ2) is 6.83. The van der Waals surface area contributed by atoms with Gasteiger partial charge in [-0.1, -0.05) is 30.3 Å². The molecule has 1 saturated carbocycles. The third-order valence-corrected chi connectivity index (χ3v) is 4.54. The van der Waals surface area contributed by atoms with Gasteiger partial charge in [0.2, 0.25) is 0 Å². The quantitative estimate of drug-likeness (QED) is 0.759. The number of thioether (sulfide) groups is 1. The van der Waals surface area contributed by atoms with E-state index in [1.54, 1.807) is 0 Å². The van der Waals surface area contributed by atoms with Crippen LogP contribution < -0.4 is 0 Å². The third-order valence-electron chi connectivity index (χ3n) is 3.29. The maximum atomic E-state index is 10.9. The van der Waals surface area contributed by atoms with Gasteiger partial charge in [0.15, 0.2) is 0 Å². The van der Waals surface area contributed by atoms with Crippen molar-refractivity contribution in [2.24, 2.45) is 5.92 Å². The first kappa shape index (κ1) is 13.5. The summed E-state index contributed by atoms with van der Waals surface area (Å²) in [6.45, 7) is 1.50. The summed E-state index contributed by atoms with van der Waals surface area (Å²) in [6.07, 6.45) is 3.45. The van der Waals surface area contributed by atoms with Crippen molar-refractivity contribution in [3.8, 4) is 0 Å². The Balaban J connectivity index is 1.65. The Morgan fingerprint density at radius 3 is 2.83 bits per heavy atom. The van der Waals surface area contributed by atoms with Crippen molar-refractivity contribution in [3.63, 3.8) is 0 Å². The van der Waals surface area contributed by atoms with Crippen LogP contribution in [0, 0.1) is 5.92 Å². The van der Waals surface area contributed by atoms with Gasteiger partial charge in [-0.25, -0.2) is 0 Å². The van der Waals surface area contributed by atoms with E-state index < -0.39 is 0 Å². The van der Waals surface area contributed by atoms with Crippen molar-refractivity contribution >= 4 is 17.7 Å². The molecule has 2 nitrogen and oxygen atoms in total. The predicted octanol–water partition coefficient (Wildman–Crippen LogP) is 3.65. The Hall–Kier alpha value is -0.960. The second-order valence-electron chi connectivity index (χ2n) is 4.91. The maximum absolute atomic E-state index is 10.9. The van der Waals surface area contributed by atoms with Crippen molar-refractivity contribution in [2.45, 2.75) is 38.0 Å². The summed E-state index contributed by atoms with van der Waals surface area (Å²) in [6, 6.07) is 10.6.